The number of benzene rings is 2. The van der Waals surface area contributed by atoms with E-state index in [9.17, 15) is 8.78 Å². The van der Waals surface area contributed by atoms with Gasteiger partial charge in [-0.1, -0.05) is 12.2 Å². The number of piperazine rings is 1. The number of fused-ring (bicyclic) bond motifs is 7. The van der Waals surface area contributed by atoms with Crippen molar-refractivity contribution in [1.82, 2.24) is 25.2 Å². The van der Waals surface area contributed by atoms with Crippen LogP contribution in [0.4, 0.5) is 33.5 Å². The van der Waals surface area contributed by atoms with Crippen molar-refractivity contribution < 1.29 is 31.4 Å². The summed E-state index contributed by atoms with van der Waals surface area (Å²) >= 11 is 0. The number of alkyl halides is 1. The minimum atomic E-state index is -1.38. The van der Waals surface area contributed by atoms with Crippen LogP contribution >= 0.6 is 0 Å². The monoisotopic (exact) mass is 665 g/mol. The molecule has 0 aliphatic carbocycles. The number of hydrogen-bond acceptors (Lipinski definition) is 9. The summed E-state index contributed by atoms with van der Waals surface area (Å²) in [6, 6.07) is 2.73. The Bertz CT molecular complexity index is 2060. The first-order valence-electron chi connectivity index (χ1n) is 16.2. The van der Waals surface area contributed by atoms with Crippen LogP contribution in [0.5, 0.6) is 11.9 Å². The fourth-order valence-electron chi connectivity index (χ4n) is 8.75. The molecule has 2 aromatic heterocycles. The summed E-state index contributed by atoms with van der Waals surface area (Å²) in [5.41, 5.74) is 4.73. The van der Waals surface area contributed by atoms with Crippen molar-refractivity contribution >= 4 is 33.2 Å². The zero-order valence-corrected chi connectivity index (χ0v) is 26.0. The largest absolute Gasteiger partial charge is 0.472 e. The molecule has 250 valence electrons. The van der Waals surface area contributed by atoms with Gasteiger partial charge in [-0.3, -0.25) is 4.90 Å². The molecule has 0 amide bonds. The normalized spacial score (nSPS) is 29.3. The number of hydrogen-bond donors (Lipinski definition) is 2. The topological polar surface area (TPSA) is 102 Å². The predicted molar refractivity (Wildman–Crippen MR) is 169 cm³/mol. The average molecular weight is 666 g/mol. The molecule has 4 aromatic rings. The number of halogens is 5. The number of rotatable bonds is 4. The molecule has 4 fully saturated rings. The third kappa shape index (κ3) is 4.11. The van der Waals surface area contributed by atoms with Crippen molar-refractivity contribution in [3.63, 3.8) is 0 Å². The Kier molecular flexibility index (Phi) is 6.43. The summed E-state index contributed by atoms with van der Waals surface area (Å²) in [7, 11) is 0. The summed E-state index contributed by atoms with van der Waals surface area (Å²) < 4.78 is 89.4. The average Bonchev–Trinajstić information content (AvgIpc) is 3.67. The number of aromatic nitrogens is 3. The first kappa shape index (κ1) is 29.8. The van der Waals surface area contributed by atoms with Crippen molar-refractivity contribution in [2.75, 3.05) is 36.9 Å². The Hall–Kier alpha value is -4.30. The van der Waals surface area contributed by atoms with Crippen LogP contribution in [0.15, 0.2) is 30.4 Å². The van der Waals surface area contributed by atoms with E-state index in [0.29, 0.717) is 25.3 Å². The molecule has 4 saturated heterocycles. The number of pyridine rings is 1. The third-order valence-corrected chi connectivity index (χ3v) is 11.0. The third-order valence-electron chi connectivity index (χ3n) is 11.0. The first-order valence-corrected chi connectivity index (χ1v) is 16.2. The van der Waals surface area contributed by atoms with Crippen molar-refractivity contribution in [2.24, 2.45) is 0 Å². The smallest absolute Gasteiger partial charge is 0.319 e. The molecule has 1 unspecified atom stereocenters. The van der Waals surface area contributed by atoms with E-state index in [1.54, 1.807) is 0 Å². The second kappa shape index (κ2) is 10.3. The lowest BCUT2D eigenvalue weighted by Crippen LogP contribution is -2.62. The minimum absolute atomic E-state index is 0.0103. The number of nitrogens with one attached hydrogen (secondary N) is 1. The maximum Gasteiger partial charge on any atom is 0.319 e. The lowest BCUT2D eigenvalue weighted by molar-refractivity contribution is 0.130. The number of anilines is 2. The lowest BCUT2D eigenvalue weighted by Gasteiger charge is -2.42. The van der Waals surface area contributed by atoms with Crippen LogP contribution in [-0.4, -0.2) is 82.0 Å². The van der Waals surface area contributed by atoms with Crippen LogP contribution in [0, 0.1) is 23.3 Å². The molecule has 0 radical (unpaired) electrons. The molecule has 9 rings (SSSR count). The Morgan fingerprint density at radius 2 is 1.92 bits per heavy atom. The SMILES string of the molecule is C=C1CCN2C[C@H](F)CC12COc1nc2c3c(nc(-c4cc(N)c(F)c5ccc(F)c(F)c45)c(F)c3n1)O[C@@H](C)[C@@H]1[C@@H]3CC[C@H](CN21)N3. The lowest BCUT2D eigenvalue weighted by atomic mass is 9.90. The van der Waals surface area contributed by atoms with Crippen molar-refractivity contribution in [3.8, 4) is 23.1 Å². The van der Waals surface area contributed by atoms with E-state index >= 15 is 13.2 Å². The van der Waals surface area contributed by atoms with Gasteiger partial charge >= 0.3 is 6.01 Å². The first-order chi connectivity index (χ1) is 23.0. The van der Waals surface area contributed by atoms with E-state index in [1.807, 2.05) is 11.8 Å². The van der Waals surface area contributed by atoms with Crippen LogP contribution in [0.3, 0.4) is 0 Å². The fourth-order valence-corrected chi connectivity index (χ4v) is 8.75. The molecule has 5 aliphatic rings. The van der Waals surface area contributed by atoms with Gasteiger partial charge < -0.3 is 25.4 Å². The van der Waals surface area contributed by atoms with Gasteiger partial charge in [-0.15, -0.1) is 0 Å². The molecular formula is C34H32F5N7O2. The van der Waals surface area contributed by atoms with E-state index in [2.05, 4.69) is 26.8 Å². The molecule has 14 heteroatoms. The quantitative estimate of drug-likeness (QED) is 0.173. The number of nitrogens with two attached hydrogens (primary N) is 1. The molecule has 7 heterocycles. The zero-order chi connectivity index (χ0) is 33.2. The molecule has 5 aliphatic heterocycles. The second-order valence-electron chi connectivity index (χ2n) is 13.7. The molecule has 6 atom stereocenters. The highest BCUT2D eigenvalue weighted by molar-refractivity contribution is 6.03. The maximum absolute atomic E-state index is 17.0. The van der Waals surface area contributed by atoms with E-state index < -0.39 is 57.9 Å². The summed E-state index contributed by atoms with van der Waals surface area (Å²) in [4.78, 5) is 18.0. The molecule has 0 saturated carbocycles. The molecule has 2 aromatic carbocycles. The Balaban J connectivity index is 1.26. The number of nitrogens with zero attached hydrogens (tertiary/aromatic N) is 5. The van der Waals surface area contributed by atoms with Gasteiger partial charge in [0.2, 0.25) is 5.88 Å². The van der Waals surface area contributed by atoms with Crippen LogP contribution in [0.2, 0.25) is 0 Å². The summed E-state index contributed by atoms with van der Waals surface area (Å²) in [5.74, 6) is -4.25. The fraction of sp³-hybridized carbons (Fsp3) is 0.441. The minimum Gasteiger partial charge on any atom is -0.472 e. The molecule has 3 N–H and O–H groups in total. The second-order valence-corrected chi connectivity index (χ2v) is 13.7. The zero-order valence-electron chi connectivity index (χ0n) is 26.0. The number of ether oxygens (including phenoxy) is 2. The molecule has 9 nitrogen and oxygen atoms in total. The van der Waals surface area contributed by atoms with Crippen LogP contribution in [-0.2, 0) is 0 Å². The molecular weight excluding hydrogens is 633 g/mol. The molecule has 0 spiro atoms. The van der Waals surface area contributed by atoms with Crippen molar-refractivity contribution in [2.45, 2.75) is 68.5 Å². The Morgan fingerprint density at radius 1 is 1.08 bits per heavy atom. The van der Waals surface area contributed by atoms with Gasteiger partial charge in [0.25, 0.3) is 0 Å². The van der Waals surface area contributed by atoms with Crippen LogP contribution < -0.4 is 25.4 Å². The predicted octanol–water partition coefficient (Wildman–Crippen LogP) is 5.20. The van der Waals surface area contributed by atoms with Crippen LogP contribution in [0.1, 0.15) is 32.6 Å². The van der Waals surface area contributed by atoms with E-state index in [4.69, 9.17) is 20.2 Å². The summed E-state index contributed by atoms with van der Waals surface area (Å²) in [6.45, 7) is 7.59. The number of nitrogen functional groups attached to an aromatic ring is 1. The summed E-state index contributed by atoms with van der Waals surface area (Å²) in [5, 5.41) is 2.98. The van der Waals surface area contributed by atoms with Crippen molar-refractivity contribution in [1.29, 1.82) is 0 Å². The van der Waals surface area contributed by atoms with E-state index in [1.165, 1.54) is 0 Å². The molecule has 48 heavy (non-hydrogen) atoms. The molecule has 2 bridgehead atoms. The van der Waals surface area contributed by atoms with Gasteiger partial charge in [-0.25, -0.2) is 26.9 Å². The Labute approximate surface area is 271 Å². The van der Waals surface area contributed by atoms with Gasteiger partial charge in [0.05, 0.1) is 17.3 Å². The van der Waals surface area contributed by atoms with Crippen molar-refractivity contribution in [3.05, 3.63) is 53.6 Å². The van der Waals surface area contributed by atoms with Gasteiger partial charge in [-0.05, 0) is 44.4 Å². The van der Waals surface area contributed by atoms with E-state index in [-0.39, 0.29) is 71.4 Å². The van der Waals surface area contributed by atoms with E-state index in [0.717, 1.165) is 36.6 Å². The summed E-state index contributed by atoms with van der Waals surface area (Å²) in [6.07, 6.45) is 1.27. The standard InChI is InChI=1S/C34H32F5N7O2/c1-14-7-8-45-11-16(35)10-34(14,45)13-47-33-43-29-24-31(44-33)46-12-17-3-6-22(41-17)30(46)15(2)48-32(24)42-28(27(29)39)19-9-21(40)25(37)18-4-5-20(36)26(38)23(18)19/h4-5,9,15-17,22,30,41H,1,3,6-8,10-13,40H2,2H3/t15-,16+,17+,22-,30+,34?/m0/s1. The highest BCUT2D eigenvalue weighted by Crippen LogP contribution is 2.47. The highest BCUT2D eigenvalue weighted by Gasteiger charge is 2.52. The highest BCUT2D eigenvalue weighted by atomic mass is 19.2. The van der Waals surface area contributed by atoms with Gasteiger partial charge in [0.1, 0.15) is 41.3 Å². The maximum atomic E-state index is 17.0. The van der Waals surface area contributed by atoms with Gasteiger partial charge in [0.15, 0.2) is 23.3 Å². The Morgan fingerprint density at radius 3 is 2.75 bits per heavy atom. The van der Waals surface area contributed by atoms with Gasteiger partial charge in [0, 0.05) is 54.5 Å². The van der Waals surface area contributed by atoms with Crippen LogP contribution in [0.25, 0.3) is 32.9 Å². The van der Waals surface area contributed by atoms with Gasteiger partial charge in [-0.2, -0.15) is 9.97 Å².